The van der Waals surface area contributed by atoms with Gasteiger partial charge in [0, 0.05) is 5.92 Å². The number of aliphatic carboxylic acids is 1. The highest BCUT2D eigenvalue weighted by atomic mass is 16.5. The van der Waals surface area contributed by atoms with Gasteiger partial charge >= 0.3 is 11.9 Å². The van der Waals surface area contributed by atoms with Crippen molar-refractivity contribution in [3.05, 3.63) is 11.8 Å². The lowest BCUT2D eigenvalue weighted by atomic mass is 9.78. The zero-order valence-electron chi connectivity index (χ0n) is 8.30. The lowest BCUT2D eigenvalue weighted by molar-refractivity contribution is -0.154. The highest BCUT2D eigenvalue weighted by molar-refractivity contribution is 5.91. The summed E-state index contributed by atoms with van der Waals surface area (Å²) in [6.45, 7) is 1.99. The minimum Gasteiger partial charge on any atom is -0.497 e. The van der Waals surface area contributed by atoms with Crippen LogP contribution in [-0.4, -0.2) is 29.8 Å². The van der Waals surface area contributed by atoms with Gasteiger partial charge in [0.1, 0.15) is 12.0 Å². The third-order valence-corrected chi connectivity index (χ3v) is 2.93. The third kappa shape index (κ3) is 1.58. The van der Waals surface area contributed by atoms with Crippen LogP contribution in [0.3, 0.4) is 0 Å². The number of ether oxygens (including phenoxy) is 2. The fourth-order valence-electron chi connectivity index (χ4n) is 2.14. The standard InChI is InChI=1S/C10H12O5/c1-5-8(9(11)12)6-2-3-14-10(13)7(6)4-15-5/h4-6,8H,2-3H2,1H3,(H,11,12)/t5-,6+,8+/m0/s1. The van der Waals surface area contributed by atoms with Crippen LogP contribution in [0, 0.1) is 11.8 Å². The summed E-state index contributed by atoms with van der Waals surface area (Å²) in [7, 11) is 0. The highest BCUT2D eigenvalue weighted by Crippen LogP contribution is 2.36. The topological polar surface area (TPSA) is 72.8 Å². The van der Waals surface area contributed by atoms with Crippen LogP contribution in [-0.2, 0) is 19.1 Å². The van der Waals surface area contributed by atoms with E-state index in [9.17, 15) is 9.59 Å². The molecule has 5 nitrogen and oxygen atoms in total. The van der Waals surface area contributed by atoms with E-state index in [0.717, 1.165) is 0 Å². The van der Waals surface area contributed by atoms with Crippen LogP contribution >= 0.6 is 0 Å². The predicted molar refractivity (Wildman–Crippen MR) is 48.8 cm³/mol. The van der Waals surface area contributed by atoms with E-state index >= 15 is 0 Å². The van der Waals surface area contributed by atoms with Crippen LogP contribution < -0.4 is 0 Å². The molecule has 2 aliphatic rings. The number of carbonyl (C=O) groups excluding carboxylic acids is 1. The third-order valence-electron chi connectivity index (χ3n) is 2.93. The number of carboxylic acids is 1. The Morgan fingerprint density at radius 3 is 3.00 bits per heavy atom. The molecule has 0 saturated carbocycles. The maximum atomic E-state index is 11.3. The number of cyclic esters (lactones) is 1. The molecule has 1 fully saturated rings. The monoisotopic (exact) mass is 212 g/mol. The second kappa shape index (κ2) is 3.56. The van der Waals surface area contributed by atoms with Crippen molar-refractivity contribution in [1.82, 2.24) is 0 Å². The summed E-state index contributed by atoms with van der Waals surface area (Å²) in [6.07, 6.45) is 1.50. The Morgan fingerprint density at radius 1 is 1.60 bits per heavy atom. The summed E-state index contributed by atoms with van der Waals surface area (Å²) in [4.78, 5) is 22.4. The van der Waals surface area contributed by atoms with Crippen molar-refractivity contribution in [2.45, 2.75) is 19.4 Å². The highest BCUT2D eigenvalue weighted by Gasteiger charge is 2.43. The van der Waals surface area contributed by atoms with E-state index in [1.54, 1.807) is 6.92 Å². The maximum Gasteiger partial charge on any atom is 0.337 e. The second-order valence-corrected chi connectivity index (χ2v) is 3.81. The molecule has 0 aliphatic carbocycles. The summed E-state index contributed by atoms with van der Waals surface area (Å²) >= 11 is 0. The Labute approximate surface area is 86.7 Å². The van der Waals surface area contributed by atoms with Gasteiger partial charge in [-0.2, -0.15) is 0 Å². The molecule has 0 radical (unpaired) electrons. The number of carbonyl (C=O) groups is 2. The van der Waals surface area contributed by atoms with E-state index in [1.807, 2.05) is 0 Å². The van der Waals surface area contributed by atoms with Crippen molar-refractivity contribution >= 4 is 11.9 Å². The summed E-state index contributed by atoms with van der Waals surface area (Å²) in [5, 5.41) is 9.07. The first-order valence-corrected chi connectivity index (χ1v) is 4.86. The van der Waals surface area contributed by atoms with Crippen molar-refractivity contribution in [3.63, 3.8) is 0 Å². The summed E-state index contributed by atoms with van der Waals surface area (Å²) in [5.41, 5.74) is 0.353. The minimum absolute atomic E-state index is 0.271. The first-order chi connectivity index (χ1) is 7.11. The van der Waals surface area contributed by atoms with E-state index in [-0.39, 0.29) is 12.5 Å². The maximum absolute atomic E-state index is 11.3. The largest absolute Gasteiger partial charge is 0.497 e. The smallest absolute Gasteiger partial charge is 0.337 e. The first kappa shape index (κ1) is 10.0. The van der Waals surface area contributed by atoms with E-state index in [4.69, 9.17) is 14.6 Å². The Balaban J connectivity index is 2.31. The zero-order chi connectivity index (χ0) is 11.0. The van der Waals surface area contributed by atoms with Crippen molar-refractivity contribution in [1.29, 1.82) is 0 Å². The molecular weight excluding hydrogens is 200 g/mol. The molecule has 15 heavy (non-hydrogen) atoms. The molecule has 1 saturated heterocycles. The number of hydrogen-bond acceptors (Lipinski definition) is 4. The average Bonchev–Trinajstić information content (AvgIpc) is 2.17. The quantitative estimate of drug-likeness (QED) is 0.642. The normalized spacial score (nSPS) is 34.6. The number of esters is 1. The summed E-state index contributed by atoms with van der Waals surface area (Å²) in [5.74, 6) is -2.30. The van der Waals surface area contributed by atoms with Crippen LogP contribution in [0.5, 0.6) is 0 Å². The number of fused-ring (bicyclic) bond motifs is 1. The van der Waals surface area contributed by atoms with Gasteiger partial charge in [0.05, 0.1) is 18.4 Å². The number of rotatable bonds is 1. The molecule has 0 bridgehead atoms. The van der Waals surface area contributed by atoms with Gasteiger partial charge in [0.15, 0.2) is 0 Å². The molecule has 0 spiro atoms. The van der Waals surface area contributed by atoms with Gasteiger partial charge in [-0.05, 0) is 13.3 Å². The molecule has 1 N–H and O–H groups in total. The Morgan fingerprint density at radius 2 is 2.33 bits per heavy atom. The molecule has 3 atom stereocenters. The molecule has 0 aromatic heterocycles. The molecule has 0 aromatic carbocycles. The molecule has 2 heterocycles. The van der Waals surface area contributed by atoms with Crippen LogP contribution in [0.25, 0.3) is 0 Å². The summed E-state index contributed by atoms with van der Waals surface area (Å²) in [6, 6.07) is 0. The molecule has 2 rings (SSSR count). The van der Waals surface area contributed by atoms with E-state index < -0.39 is 24.0 Å². The molecule has 5 heteroatoms. The van der Waals surface area contributed by atoms with Gasteiger partial charge in [-0.15, -0.1) is 0 Å². The van der Waals surface area contributed by atoms with Crippen molar-refractivity contribution in [2.75, 3.05) is 6.61 Å². The average molecular weight is 212 g/mol. The Kier molecular flexibility index (Phi) is 2.38. The second-order valence-electron chi connectivity index (χ2n) is 3.81. The SMILES string of the molecule is C[C@@H]1OC=C2C(=O)OCC[C@H]2[C@@H]1C(=O)O. The summed E-state index contributed by atoms with van der Waals surface area (Å²) < 4.78 is 9.98. The zero-order valence-corrected chi connectivity index (χ0v) is 8.30. The van der Waals surface area contributed by atoms with Gasteiger partial charge in [-0.25, -0.2) is 4.79 Å². The Bertz CT molecular complexity index is 333. The Hall–Kier alpha value is -1.52. The predicted octanol–water partition coefficient (Wildman–Crippen LogP) is 0.553. The van der Waals surface area contributed by atoms with Gasteiger partial charge < -0.3 is 14.6 Å². The van der Waals surface area contributed by atoms with Crippen LogP contribution in [0.2, 0.25) is 0 Å². The molecular formula is C10H12O5. The van der Waals surface area contributed by atoms with Crippen molar-refractivity contribution < 1.29 is 24.2 Å². The van der Waals surface area contributed by atoms with Gasteiger partial charge in [0.2, 0.25) is 0 Å². The molecule has 0 amide bonds. The first-order valence-electron chi connectivity index (χ1n) is 4.86. The van der Waals surface area contributed by atoms with Crippen molar-refractivity contribution in [3.8, 4) is 0 Å². The van der Waals surface area contributed by atoms with Gasteiger partial charge in [0.25, 0.3) is 0 Å². The van der Waals surface area contributed by atoms with Crippen LogP contribution in [0.4, 0.5) is 0 Å². The number of carboxylic acid groups (broad SMARTS) is 1. The van der Waals surface area contributed by atoms with Crippen LogP contribution in [0.15, 0.2) is 11.8 Å². The lowest BCUT2D eigenvalue weighted by Gasteiger charge is -2.35. The molecule has 82 valence electrons. The molecule has 0 unspecified atom stereocenters. The van der Waals surface area contributed by atoms with Gasteiger partial charge in [-0.3, -0.25) is 4.79 Å². The van der Waals surface area contributed by atoms with E-state index in [1.165, 1.54) is 6.26 Å². The van der Waals surface area contributed by atoms with Crippen molar-refractivity contribution in [2.24, 2.45) is 11.8 Å². The fourth-order valence-corrected chi connectivity index (χ4v) is 2.14. The molecule has 2 aliphatic heterocycles. The van der Waals surface area contributed by atoms with E-state index in [0.29, 0.717) is 12.0 Å². The number of hydrogen-bond donors (Lipinski definition) is 1. The lowest BCUT2D eigenvalue weighted by Crippen LogP contribution is -2.42. The van der Waals surface area contributed by atoms with Gasteiger partial charge in [-0.1, -0.05) is 0 Å². The van der Waals surface area contributed by atoms with E-state index in [2.05, 4.69) is 0 Å². The molecule has 0 aromatic rings. The fraction of sp³-hybridized carbons (Fsp3) is 0.600. The minimum atomic E-state index is -0.923. The van der Waals surface area contributed by atoms with Crippen LogP contribution in [0.1, 0.15) is 13.3 Å².